The summed E-state index contributed by atoms with van der Waals surface area (Å²) in [4.78, 5) is 37.9. The third-order valence-corrected chi connectivity index (χ3v) is 8.81. The number of unbranched alkanes of at least 4 members (excludes halogenated alkanes) is 16. The molecule has 0 unspecified atom stereocenters. The van der Waals surface area contributed by atoms with Crippen molar-refractivity contribution < 1.29 is 39.2 Å². The van der Waals surface area contributed by atoms with Gasteiger partial charge in [-0.1, -0.05) is 124 Å². The Labute approximate surface area is 284 Å². The van der Waals surface area contributed by atoms with E-state index in [1.165, 1.54) is 70.6 Å². The average Bonchev–Trinajstić information content (AvgIpc) is 3.05. The van der Waals surface area contributed by atoms with Crippen LogP contribution in [0.2, 0.25) is 0 Å². The maximum atomic E-state index is 13.2. The van der Waals surface area contributed by atoms with Gasteiger partial charge in [-0.15, -0.1) is 0 Å². The van der Waals surface area contributed by atoms with Crippen molar-refractivity contribution in [2.45, 2.75) is 192 Å². The van der Waals surface area contributed by atoms with Gasteiger partial charge in [-0.3, -0.25) is 14.4 Å². The van der Waals surface area contributed by atoms with E-state index in [4.69, 9.17) is 9.47 Å². The Morgan fingerprint density at radius 1 is 0.617 bits per heavy atom. The molecule has 0 radical (unpaired) electrons. The van der Waals surface area contributed by atoms with Crippen LogP contribution in [0.4, 0.5) is 0 Å². The van der Waals surface area contributed by atoms with Crippen molar-refractivity contribution in [3.63, 3.8) is 0 Å². The summed E-state index contributed by atoms with van der Waals surface area (Å²) in [5, 5.41) is 39.7. The minimum absolute atomic E-state index is 0.0816. The molecule has 0 aromatic heterocycles. The molecule has 6 atom stereocenters. The number of hydrogen-bond donors (Lipinski definition) is 6. The fraction of sp³-hybridized carbons (Fsp3) is 0.917. The monoisotopic (exact) mass is 672 g/mol. The molecule has 0 bridgehead atoms. The van der Waals surface area contributed by atoms with Crippen LogP contribution < -0.4 is 16.0 Å². The van der Waals surface area contributed by atoms with Gasteiger partial charge in [0.2, 0.25) is 17.7 Å². The summed E-state index contributed by atoms with van der Waals surface area (Å²) in [6.07, 6.45) is 14.9. The third-order valence-electron chi connectivity index (χ3n) is 8.81. The Morgan fingerprint density at radius 2 is 1.15 bits per heavy atom. The van der Waals surface area contributed by atoms with Crippen LogP contribution in [-0.2, 0) is 23.9 Å². The fourth-order valence-corrected chi connectivity index (χ4v) is 5.76. The normalized spacial score (nSPS) is 21.7. The number of aliphatic hydroxyl groups excluding tert-OH is 3. The van der Waals surface area contributed by atoms with Crippen LogP contribution in [0.5, 0.6) is 0 Å². The minimum atomic E-state index is -1.59. The number of nitrogens with one attached hydrogen (secondary N) is 3. The molecule has 1 heterocycles. The van der Waals surface area contributed by atoms with Gasteiger partial charge in [0.15, 0.2) is 6.29 Å². The molecule has 1 saturated heterocycles. The van der Waals surface area contributed by atoms with Crippen LogP contribution >= 0.6 is 0 Å². The summed E-state index contributed by atoms with van der Waals surface area (Å²) in [7, 11) is 0. The highest BCUT2D eigenvalue weighted by Crippen LogP contribution is 2.22. The van der Waals surface area contributed by atoms with E-state index in [2.05, 4.69) is 29.8 Å². The molecule has 0 saturated carbocycles. The summed E-state index contributed by atoms with van der Waals surface area (Å²) in [5.74, 6) is -0.865. The maximum absolute atomic E-state index is 13.2. The average molecular weight is 672 g/mol. The zero-order valence-electron chi connectivity index (χ0n) is 29.8. The Kier molecular flexibility index (Phi) is 25.8. The van der Waals surface area contributed by atoms with Crippen molar-refractivity contribution >= 4 is 17.7 Å². The number of aliphatic hydroxyl groups is 3. The number of rotatable bonds is 29. The maximum Gasteiger partial charge on any atom is 0.244 e. The smallest absolute Gasteiger partial charge is 0.244 e. The summed E-state index contributed by atoms with van der Waals surface area (Å²) < 4.78 is 11.5. The molecule has 1 aliphatic rings. The van der Waals surface area contributed by atoms with E-state index in [1.807, 2.05) is 6.92 Å². The first-order valence-corrected chi connectivity index (χ1v) is 18.9. The molecule has 47 heavy (non-hydrogen) atoms. The molecule has 11 heteroatoms. The van der Waals surface area contributed by atoms with Gasteiger partial charge in [-0.2, -0.15) is 0 Å². The second-order valence-corrected chi connectivity index (χ2v) is 13.2. The number of amides is 3. The van der Waals surface area contributed by atoms with Crippen molar-refractivity contribution in [3.8, 4) is 0 Å². The molecule has 0 aliphatic carbocycles. The van der Waals surface area contributed by atoms with Crippen molar-refractivity contribution in [2.24, 2.45) is 0 Å². The van der Waals surface area contributed by atoms with Gasteiger partial charge in [-0.25, -0.2) is 0 Å². The Bertz CT molecular complexity index is 817. The first-order valence-electron chi connectivity index (χ1n) is 18.9. The summed E-state index contributed by atoms with van der Waals surface area (Å²) in [6, 6.07) is -1.03. The topological polar surface area (TPSA) is 166 Å². The van der Waals surface area contributed by atoms with Crippen molar-refractivity contribution in [1.82, 2.24) is 16.0 Å². The second kappa shape index (κ2) is 28.1. The summed E-state index contributed by atoms with van der Waals surface area (Å²) >= 11 is 0. The fourth-order valence-electron chi connectivity index (χ4n) is 5.76. The molecule has 0 spiro atoms. The van der Waals surface area contributed by atoms with Crippen molar-refractivity contribution in [3.05, 3.63) is 0 Å². The van der Waals surface area contributed by atoms with E-state index in [0.29, 0.717) is 25.8 Å². The first kappa shape index (κ1) is 43.2. The molecule has 1 fully saturated rings. The SMILES string of the molecule is CCCCCCCCCCCNC(=O)[C@H](CO[C@H]1O[C@H](CNC(=O)CCC)[C@H](O)[C@H](O)[C@H]1O)NC(=O)CCCCCCCCCCC. The molecule has 3 amide bonds. The summed E-state index contributed by atoms with van der Waals surface area (Å²) in [6.45, 7) is 6.39. The second-order valence-electron chi connectivity index (χ2n) is 13.2. The van der Waals surface area contributed by atoms with Crippen LogP contribution in [0.25, 0.3) is 0 Å². The number of carbonyl (C=O) groups is 3. The Morgan fingerprint density at radius 3 is 1.70 bits per heavy atom. The van der Waals surface area contributed by atoms with E-state index >= 15 is 0 Å². The Hall–Kier alpha value is -1.79. The predicted molar refractivity (Wildman–Crippen MR) is 185 cm³/mol. The lowest BCUT2D eigenvalue weighted by Crippen LogP contribution is -2.61. The highest BCUT2D eigenvalue weighted by atomic mass is 16.7. The van der Waals surface area contributed by atoms with Crippen LogP contribution in [0, 0.1) is 0 Å². The molecule has 0 aromatic carbocycles. The lowest BCUT2D eigenvalue weighted by Gasteiger charge is -2.40. The van der Waals surface area contributed by atoms with E-state index in [1.54, 1.807) is 0 Å². The van der Waals surface area contributed by atoms with Gasteiger partial charge in [-0.05, 0) is 19.3 Å². The largest absolute Gasteiger partial charge is 0.388 e. The number of carbonyl (C=O) groups excluding carboxylic acids is 3. The van der Waals surface area contributed by atoms with Crippen molar-refractivity contribution in [2.75, 3.05) is 19.7 Å². The molecular formula is C36H69N3O8. The molecule has 0 aromatic rings. The van der Waals surface area contributed by atoms with Gasteiger partial charge in [0, 0.05) is 25.9 Å². The zero-order chi connectivity index (χ0) is 34.7. The van der Waals surface area contributed by atoms with E-state index in [0.717, 1.165) is 44.9 Å². The van der Waals surface area contributed by atoms with Gasteiger partial charge in [0.25, 0.3) is 0 Å². The van der Waals surface area contributed by atoms with Crippen LogP contribution in [0.15, 0.2) is 0 Å². The van der Waals surface area contributed by atoms with Crippen LogP contribution in [-0.4, -0.2) is 89.5 Å². The first-order chi connectivity index (χ1) is 22.7. The third kappa shape index (κ3) is 20.4. The quantitative estimate of drug-likeness (QED) is 0.0618. The molecule has 11 nitrogen and oxygen atoms in total. The van der Waals surface area contributed by atoms with E-state index in [9.17, 15) is 29.7 Å². The Balaban J connectivity index is 2.63. The molecule has 1 aliphatic heterocycles. The van der Waals surface area contributed by atoms with E-state index < -0.39 is 36.7 Å². The van der Waals surface area contributed by atoms with Crippen molar-refractivity contribution in [1.29, 1.82) is 0 Å². The summed E-state index contributed by atoms with van der Waals surface area (Å²) in [5.41, 5.74) is 0. The van der Waals surface area contributed by atoms with Gasteiger partial charge >= 0.3 is 0 Å². The molecular weight excluding hydrogens is 602 g/mol. The van der Waals surface area contributed by atoms with E-state index in [-0.39, 0.29) is 30.9 Å². The highest BCUT2D eigenvalue weighted by molar-refractivity contribution is 5.87. The lowest BCUT2D eigenvalue weighted by molar-refractivity contribution is -0.295. The lowest BCUT2D eigenvalue weighted by atomic mass is 9.98. The molecule has 6 N–H and O–H groups in total. The standard InChI is InChI=1S/C36H69N3O8/c1-4-7-9-11-13-15-17-19-21-24-31(41)39-28(35(45)37-25-22-20-18-16-14-12-10-8-5-2)27-46-36-34(44)33(43)32(42)29(47-36)26-38-30(40)23-6-3/h28-29,32-34,36,42-44H,4-27H2,1-3H3,(H,37,45)(H,38,40)(H,39,41)/t28-,29+,32-,33-,34+,36-/m0/s1. The highest BCUT2D eigenvalue weighted by Gasteiger charge is 2.44. The van der Waals surface area contributed by atoms with Gasteiger partial charge in [0.05, 0.1) is 6.61 Å². The molecule has 276 valence electrons. The van der Waals surface area contributed by atoms with Crippen LogP contribution in [0.3, 0.4) is 0 Å². The minimum Gasteiger partial charge on any atom is -0.388 e. The van der Waals surface area contributed by atoms with Gasteiger partial charge in [0.1, 0.15) is 30.5 Å². The van der Waals surface area contributed by atoms with Gasteiger partial charge < -0.3 is 40.7 Å². The molecule has 1 rings (SSSR count). The zero-order valence-corrected chi connectivity index (χ0v) is 29.8. The number of ether oxygens (including phenoxy) is 2. The van der Waals surface area contributed by atoms with Crippen LogP contribution in [0.1, 0.15) is 156 Å². The predicted octanol–water partition coefficient (Wildman–Crippen LogP) is 4.78. The number of hydrogen-bond acceptors (Lipinski definition) is 8.